The molecule has 0 heterocycles. The van der Waals surface area contributed by atoms with E-state index in [9.17, 15) is 4.79 Å². The molecular weight excluding hydrogens is 212 g/mol. The fraction of sp³-hybridized carbons (Fsp3) is 0.933. The van der Waals surface area contributed by atoms with Gasteiger partial charge in [-0.1, -0.05) is 53.9 Å². The van der Waals surface area contributed by atoms with Gasteiger partial charge in [0, 0.05) is 0 Å². The standard InChI is InChI=1S/C15H30O2/c1-6-7-8-9-13(15(3,4)5)11-10-12(2)14(16)17/h12-13H,6-11H2,1-5H3,(H,16,17). The molecule has 0 bridgehead atoms. The van der Waals surface area contributed by atoms with E-state index in [-0.39, 0.29) is 5.92 Å². The van der Waals surface area contributed by atoms with Crippen molar-refractivity contribution in [2.75, 3.05) is 0 Å². The Hall–Kier alpha value is -0.530. The molecule has 102 valence electrons. The van der Waals surface area contributed by atoms with Crippen molar-refractivity contribution in [2.45, 2.75) is 73.1 Å². The lowest BCUT2D eigenvalue weighted by Gasteiger charge is -2.31. The second-order valence-electron chi connectivity index (χ2n) is 6.38. The molecule has 0 amide bonds. The highest BCUT2D eigenvalue weighted by molar-refractivity contribution is 5.69. The molecule has 0 radical (unpaired) electrons. The Labute approximate surface area is 107 Å². The topological polar surface area (TPSA) is 37.3 Å². The summed E-state index contributed by atoms with van der Waals surface area (Å²) in [5.41, 5.74) is 0.298. The smallest absolute Gasteiger partial charge is 0.306 e. The molecule has 0 saturated carbocycles. The summed E-state index contributed by atoms with van der Waals surface area (Å²) in [4.78, 5) is 10.8. The number of unbranched alkanes of at least 4 members (excludes halogenated alkanes) is 2. The van der Waals surface area contributed by atoms with Gasteiger partial charge in [0.05, 0.1) is 5.92 Å². The summed E-state index contributed by atoms with van der Waals surface area (Å²) in [6.45, 7) is 10.9. The van der Waals surface area contributed by atoms with E-state index < -0.39 is 5.97 Å². The van der Waals surface area contributed by atoms with Crippen molar-refractivity contribution in [3.63, 3.8) is 0 Å². The zero-order valence-corrected chi connectivity index (χ0v) is 12.3. The van der Waals surface area contributed by atoms with Crippen molar-refractivity contribution < 1.29 is 9.90 Å². The van der Waals surface area contributed by atoms with Crippen molar-refractivity contribution >= 4 is 5.97 Å². The highest BCUT2D eigenvalue weighted by Gasteiger charge is 2.25. The van der Waals surface area contributed by atoms with Crippen LogP contribution in [0.25, 0.3) is 0 Å². The summed E-state index contributed by atoms with van der Waals surface area (Å²) < 4.78 is 0. The lowest BCUT2D eigenvalue weighted by molar-refractivity contribution is -0.141. The van der Waals surface area contributed by atoms with Crippen molar-refractivity contribution in [1.29, 1.82) is 0 Å². The first-order valence-corrected chi connectivity index (χ1v) is 7.01. The SMILES string of the molecule is CCCCCC(CCC(C)C(=O)O)C(C)(C)C. The Morgan fingerprint density at radius 2 is 1.71 bits per heavy atom. The van der Waals surface area contributed by atoms with E-state index >= 15 is 0 Å². The molecule has 2 atom stereocenters. The lowest BCUT2D eigenvalue weighted by atomic mass is 9.74. The Morgan fingerprint density at radius 1 is 1.12 bits per heavy atom. The molecule has 0 rings (SSSR count). The molecule has 0 saturated heterocycles. The average Bonchev–Trinajstić information content (AvgIpc) is 2.20. The first kappa shape index (κ1) is 16.5. The zero-order valence-electron chi connectivity index (χ0n) is 12.3. The maximum Gasteiger partial charge on any atom is 0.306 e. The van der Waals surface area contributed by atoms with Crippen LogP contribution in [0.3, 0.4) is 0 Å². The molecule has 0 aliphatic carbocycles. The molecule has 0 spiro atoms. The van der Waals surface area contributed by atoms with Crippen LogP contribution in [-0.2, 0) is 4.79 Å². The second-order valence-corrected chi connectivity index (χ2v) is 6.38. The van der Waals surface area contributed by atoms with Crippen molar-refractivity contribution in [3.05, 3.63) is 0 Å². The molecule has 0 aliphatic heterocycles. The van der Waals surface area contributed by atoms with Crippen LogP contribution >= 0.6 is 0 Å². The van der Waals surface area contributed by atoms with Gasteiger partial charge in [-0.15, -0.1) is 0 Å². The predicted molar refractivity (Wildman–Crippen MR) is 73.1 cm³/mol. The van der Waals surface area contributed by atoms with Crippen LogP contribution < -0.4 is 0 Å². The van der Waals surface area contributed by atoms with Crippen molar-refractivity contribution in [3.8, 4) is 0 Å². The van der Waals surface area contributed by atoms with Gasteiger partial charge in [-0.05, 0) is 30.6 Å². The first-order chi connectivity index (χ1) is 7.79. The normalized spacial score (nSPS) is 15.6. The minimum absolute atomic E-state index is 0.203. The number of carboxylic acid groups (broad SMARTS) is 1. The molecule has 2 nitrogen and oxygen atoms in total. The number of hydrogen-bond donors (Lipinski definition) is 1. The second kappa shape index (κ2) is 7.73. The molecule has 0 aromatic carbocycles. The van der Waals surface area contributed by atoms with E-state index in [1.165, 1.54) is 25.7 Å². The lowest BCUT2D eigenvalue weighted by Crippen LogP contribution is -2.22. The fourth-order valence-electron chi connectivity index (χ4n) is 2.23. The van der Waals surface area contributed by atoms with Gasteiger partial charge in [0.15, 0.2) is 0 Å². The summed E-state index contributed by atoms with van der Waals surface area (Å²) >= 11 is 0. The number of carbonyl (C=O) groups is 1. The Bertz CT molecular complexity index is 215. The van der Waals surface area contributed by atoms with Crippen LogP contribution in [0, 0.1) is 17.3 Å². The highest BCUT2D eigenvalue weighted by atomic mass is 16.4. The highest BCUT2D eigenvalue weighted by Crippen LogP contribution is 2.34. The summed E-state index contributed by atoms with van der Waals surface area (Å²) in [5.74, 6) is -0.215. The van der Waals surface area contributed by atoms with Crippen LogP contribution in [0.15, 0.2) is 0 Å². The summed E-state index contributed by atoms with van der Waals surface area (Å²) in [5, 5.41) is 8.91. The molecule has 0 aromatic rings. The molecule has 0 aromatic heterocycles. The van der Waals surface area contributed by atoms with Gasteiger partial charge in [-0.25, -0.2) is 0 Å². The van der Waals surface area contributed by atoms with Crippen molar-refractivity contribution in [1.82, 2.24) is 0 Å². The maximum absolute atomic E-state index is 10.8. The molecule has 2 heteroatoms. The molecule has 0 fully saturated rings. The van der Waals surface area contributed by atoms with Gasteiger partial charge in [-0.3, -0.25) is 4.79 Å². The number of rotatable bonds is 8. The minimum Gasteiger partial charge on any atom is -0.481 e. The summed E-state index contributed by atoms with van der Waals surface area (Å²) in [6.07, 6.45) is 6.91. The van der Waals surface area contributed by atoms with Crippen LogP contribution in [0.2, 0.25) is 0 Å². The number of aliphatic carboxylic acids is 1. The fourth-order valence-corrected chi connectivity index (χ4v) is 2.23. The van der Waals surface area contributed by atoms with Crippen LogP contribution in [0.5, 0.6) is 0 Å². The van der Waals surface area contributed by atoms with Crippen molar-refractivity contribution in [2.24, 2.45) is 17.3 Å². The zero-order chi connectivity index (χ0) is 13.5. The molecular formula is C15H30O2. The van der Waals surface area contributed by atoms with Gasteiger partial charge < -0.3 is 5.11 Å². The van der Waals surface area contributed by atoms with Crippen LogP contribution in [0.1, 0.15) is 73.1 Å². The summed E-state index contributed by atoms with van der Waals surface area (Å²) in [6, 6.07) is 0. The van der Waals surface area contributed by atoms with Gasteiger partial charge in [0.25, 0.3) is 0 Å². The molecule has 0 aliphatic rings. The Kier molecular flexibility index (Phi) is 7.49. The third-order valence-electron chi connectivity index (χ3n) is 3.75. The molecule has 17 heavy (non-hydrogen) atoms. The van der Waals surface area contributed by atoms with Gasteiger partial charge in [0.2, 0.25) is 0 Å². The molecule has 2 unspecified atom stereocenters. The summed E-state index contributed by atoms with van der Waals surface area (Å²) in [7, 11) is 0. The van der Waals surface area contributed by atoms with E-state index in [1.54, 1.807) is 0 Å². The average molecular weight is 242 g/mol. The van der Waals surface area contributed by atoms with E-state index in [1.807, 2.05) is 6.92 Å². The van der Waals surface area contributed by atoms with Gasteiger partial charge in [-0.2, -0.15) is 0 Å². The van der Waals surface area contributed by atoms with Gasteiger partial charge >= 0.3 is 5.97 Å². The largest absolute Gasteiger partial charge is 0.481 e. The van der Waals surface area contributed by atoms with Gasteiger partial charge in [0.1, 0.15) is 0 Å². The third-order valence-corrected chi connectivity index (χ3v) is 3.75. The monoisotopic (exact) mass is 242 g/mol. The van der Waals surface area contributed by atoms with E-state index in [0.717, 1.165) is 12.8 Å². The van der Waals surface area contributed by atoms with Crippen LogP contribution in [0.4, 0.5) is 0 Å². The predicted octanol–water partition coefficient (Wildman–Crippen LogP) is 4.73. The van der Waals surface area contributed by atoms with E-state index in [2.05, 4.69) is 27.7 Å². The Balaban J connectivity index is 4.16. The quantitative estimate of drug-likeness (QED) is 0.625. The third kappa shape index (κ3) is 7.40. The Morgan fingerprint density at radius 3 is 2.12 bits per heavy atom. The molecule has 1 N–H and O–H groups in total. The number of hydrogen-bond acceptors (Lipinski definition) is 1. The maximum atomic E-state index is 10.8. The van der Waals surface area contributed by atoms with Crippen LogP contribution in [-0.4, -0.2) is 11.1 Å². The minimum atomic E-state index is -0.661. The first-order valence-electron chi connectivity index (χ1n) is 7.01. The van der Waals surface area contributed by atoms with E-state index in [4.69, 9.17) is 5.11 Å². The number of carboxylic acids is 1. The van der Waals surface area contributed by atoms with E-state index in [0.29, 0.717) is 11.3 Å².